The summed E-state index contributed by atoms with van der Waals surface area (Å²) in [6, 6.07) is 17.1. The van der Waals surface area contributed by atoms with Gasteiger partial charge in [0, 0.05) is 49.3 Å². The van der Waals surface area contributed by atoms with Gasteiger partial charge < -0.3 is 23.5 Å². The normalized spacial score (nSPS) is 16.1. The lowest BCUT2D eigenvalue weighted by atomic mass is 10.0. The predicted molar refractivity (Wildman–Crippen MR) is 150 cm³/mol. The number of methoxy groups -OCH3 is 1. The third kappa shape index (κ3) is 5.13. The maximum atomic E-state index is 13.0. The summed E-state index contributed by atoms with van der Waals surface area (Å²) >= 11 is 0. The molecule has 2 aromatic heterocycles. The van der Waals surface area contributed by atoms with Crippen molar-refractivity contribution in [3.05, 3.63) is 65.9 Å². The fourth-order valence-electron chi connectivity index (χ4n) is 5.47. The molecule has 2 saturated heterocycles. The number of nitrogens with zero attached hydrogens (tertiary/aromatic N) is 3. The number of fused-ring (bicyclic) bond motifs is 1. The monoisotopic (exact) mass is 537 g/mol. The van der Waals surface area contributed by atoms with E-state index < -0.39 is 0 Å². The van der Waals surface area contributed by atoms with Crippen LogP contribution >= 0.6 is 0 Å². The summed E-state index contributed by atoms with van der Waals surface area (Å²) < 4.78 is 23.6. The van der Waals surface area contributed by atoms with Gasteiger partial charge >= 0.3 is 0 Å². The molecule has 0 unspecified atom stereocenters. The van der Waals surface area contributed by atoms with Gasteiger partial charge in [0.1, 0.15) is 34.9 Å². The molecule has 6 rings (SSSR count). The molecule has 204 valence electrons. The minimum atomic E-state index is 0.0238. The van der Waals surface area contributed by atoms with Gasteiger partial charge in [-0.25, -0.2) is 0 Å². The quantitative estimate of drug-likeness (QED) is 0.288. The van der Waals surface area contributed by atoms with Crippen LogP contribution in [0.2, 0.25) is 0 Å². The van der Waals surface area contributed by atoms with E-state index in [-0.39, 0.29) is 12.0 Å². The highest BCUT2D eigenvalue weighted by Gasteiger charge is 2.22. The molecule has 2 aliphatic rings. The zero-order chi connectivity index (χ0) is 27.5. The molecule has 4 aromatic rings. The Bertz CT molecular complexity index is 1580. The number of ether oxygens (including phenoxy) is 3. The van der Waals surface area contributed by atoms with Crippen molar-refractivity contribution in [3.8, 4) is 40.0 Å². The van der Waals surface area contributed by atoms with Gasteiger partial charge in [-0.05, 0) is 61.2 Å². The van der Waals surface area contributed by atoms with Crippen LogP contribution in [0.4, 0.5) is 0 Å². The molecule has 0 radical (unpaired) electrons. The Morgan fingerprint density at radius 3 is 2.60 bits per heavy atom. The maximum absolute atomic E-state index is 13.0. The van der Waals surface area contributed by atoms with Crippen molar-refractivity contribution in [1.29, 1.82) is 5.26 Å². The van der Waals surface area contributed by atoms with Gasteiger partial charge in [0.05, 0.1) is 31.5 Å². The Balaban J connectivity index is 1.31. The lowest BCUT2D eigenvalue weighted by Crippen LogP contribution is -2.35. The summed E-state index contributed by atoms with van der Waals surface area (Å²) in [7, 11) is 1.59. The molecule has 1 amide bonds. The van der Waals surface area contributed by atoms with Gasteiger partial charge in [-0.1, -0.05) is 6.07 Å². The van der Waals surface area contributed by atoms with E-state index in [1.54, 1.807) is 19.4 Å². The molecular formula is C32H31N3O5. The number of piperidine rings is 1. The van der Waals surface area contributed by atoms with Crippen molar-refractivity contribution >= 4 is 17.0 Å². The molecule has 2 aliphatic heterocycles. The lowest BCUT2D eigenvalue weighted by Gasteiger charge is -2.27. The summed E-state index contributed by atoms with van der Waals surface area (Å²) in [5.41, 5.74) is 4.75. The standard InChI is InChI=1S/C32H31N3O5/c1-37-29-18-22(32(36)35-13-3-2-4-14-35)5-7-26(29)30-19-27-31(40-30)25(9-12-34-27)21-6-8-28(23(17-21)20-33)39-24-10-15-38-16-11-24/h5-9,12,17-19,24H,2-4,10-11,13-16H2,1H3. The van der Waals surface area contributed by atoms with Gasteiger partial charge in [0.25, 0.3) is 5.91 Å². The SMILES string of the molecule is COc1cc(C(=O)N2CCCCC2)ccc1-c1cc2nccc(-c3ccc(OC4CCOCC4)c(C#N)c3)c2o1. The molecule has 0 bridgehead atoms. The number of amides is 1. The first-order valence-corrected chi connectivity index (χ1v) is 13.8. The number of aromatic nitrogens is 1. The van der Waals surface area contributed by atoms with Gasteiger partial charge in [0.15, 0.2) is 5.58 Å². The Kier molecular flexibility index (Phi) is 7.39. The molecule has 2 fully saturated rings. The first-order chi connectivity index (χ1) is 19.6. The van der Waals surface area contributed by atoms with Crippen molar-refractivity contribution in [2.45, 2.75) is 38.2 Å². The van der Waals surface area contributed by atoms with E-state index in [0.717, 1.165) is 55.5 Å². The Labute approximate surface area is 233 Å². The van der Waals surface area contributed by atoms with Crippen molar-refractivity contribution in [2.75, 3.05) is 33.4 Å². The molecule has 0 saturated carbocycles. The Morgan fingerprint density at radius 2 is 1.82 bits per heavy atom. The van der Waals surface area contributed by atoms with E-state index >= 15 is 0 Å². The number of likely N-dealkylation sites (tertiary alicyclic amines) is 1. The van der Waals surface area contributed by atoms with Crippen LogP contribution in [0.1, 0.15) is 48.0 Å². The van der Waals surface area contributed by atoms with Gasteiger partial charge in [-0.3, -0.25) is 9.78 Å². The number of carbonyl (C=O) groups is 1. The second-order valence-corrected chi connectivity index (χ2v) is 10.2. The second kappa shape index (κ2) is 11.4. The van der Waals surface area contributed by atoms with Gasteiger partial charge in [-0.15, -0.1) is 0 Å². The van der Waals surface area contributed by atoms with Crippen LogP contribution in [0, 0.1) is 11.3 Å². The van der Waals surface area contributed by atoms with Crippen molar-refractivity contribution in [3.63, 3.8) is 0 Å². The predicted octanol–water partition coefficient (Wildman–Crippen LogP) is 6.23. The number of pyridine rings is 1. The van der Waals surface area contributed by atoms with Gasteiger partial charge in [-0.2, -0.15) is 5.26 Å². The molecule has 4 heterocycles. The Hall–Kier alpha value is -4.35. The molecule has 8 heteroatoms. The Morgan fingerprint density at radius 1 is 1.00 bits per heavy atom. The molecular weight excluding hydrogens is 506 g/mol. The molecule has 0 N–H and O–H groups in total. The van der Waals surface area contributed by atoms with Crippen LogP contribution in [0.5, 0.6) is 11.5 Å². The van der Waals surface area contributed by atoms with Crippen LogP contribution in [0.25, 0.3) is 33.6 Å². The molecule has 0 atom stereocenters. The first kappa shape index (κ1) is 25.9. The summed E-state index contributed by atoms with van der Waals surface area (Å²) in [5.74, 6) is 1.75. The number of hydrogen-bond donors (Lipinski definition) is 0. The van der Waals surface area contributed by atoms with E-state index in [4.69, 9.17) is 18.6 Å². The van der Waals surface area contributed by atoms with Gasteiger partial charge in [0.2, 0.25) is 0 Å². The number of rotatable bonds is 6. The molecule has 0 spiro atoms. The third-order valence-electron chi connectivity index (χ3n) is 7.64. The molecule has 8 nitrogen and oxygen atoms in total. The van der Waals surface area contributed by atoms with E-state index in [9.17, 15) is 10.1 Å². The van der Waals surface area contributed by atoms with Crippen LogP contribution in [-0.2, 0) is 4.74 Å². The fraction of sp³-hybridized carbons (Fsp3) is 0.344. The van der Waals surface area contributed by atoms with E-state index in [2.05, 4.69) is 11.1 Å². The summed E-state index contributed by atoms with van der Waals surface area (Å²) in [4.78, 5) is 19.5. The molecule has 0 aliphatic carbocycles. The highest BCUT2D eigenvalue weighted by atomic mass is 16.5. The minimum Gasteiger partial charge on any atom is -0.496 e. The highest BCUT2D eigenvalue weighted by molar-refractivity contribution is 5.96. The zero-order valence-electron chi connectivity index (χ0n) is 22.5. The van der Waals surface area contributed by atoms with Crippen molar-refractivity contribution in [1.82, 2.24) is 9.88 Å². The summed E-state index contributed by atoms with van der Waals surface area (Å²) in [6.45, 7) is 2.92. The molecule has 40 heavy (non-hydrogen) atoms. The largest absolute Gasteiger partial charge is 0.496 e. The number of carbonyl (C=O) groups excluding carboxylic acids is 1. The third-order valence-corrected chi connectivity index (χ3v) is 7.64. The number of hydrogen-bond acceptors (Lipinski definition) is 7. The smallest absolute Gasteiger partial charge is 0.253 e. The van der Waals surface area contributed by atoms with Crippen LogP contribution < -0.4 is 9.47 Å². The zero-order valence-corrected chi connectivity index (χ0v) is 22.5. The van der Waals surface area contributed by atoms with Crippen LogP contribution in [-0.4, -0.2) is 55.3 Å². The summed E-state index contributed by atoms with van der Waals surface area (Å²) in [5, 5.41) is 9.86. The molecule has 2 aromatic carbocycles. The van der Waals surface area contributed by atoms with Crippen LogP contribution in [0.3, 0.4) is 0 Å². The van der Waals surface area contributed by atoms with Crippen LogP contribution in [0.15, 0.2) is 59.1 Å². The minimum absolute atomic E-state index is 0.0238. The lowest BCUT2D eigenvalue weighted by molar-refractivity contribution is 0.0254. The maximum Gasteiger partial charge on any atom is 0.253 e. The van der Waals surface area contributed by atoms with E-state index in [1.807, 2.05) is 47.4 Å². The number of furan rings is 1. The van der Waals surface area contributed by atoms with Crippen molar-refractivity contribution < 1.29 is 23.4 Å². The second-order valence-electron chi connectivity index (χ2n) is 10.2. The highest BCUT2D eigenvalue weighted by Crippen LogP contribution is 2.38. The average Bonchev–Trinajstić information content (AvgIpc) is 3.46. The number of nitriles is 1. The number of benzene rings is 2. The van der Waals surface area contributed by atoms with E-state index in [0.29, 0.717) is 52.7 Å². The topological polar surface area (TPSA) is 97.8 Å². The average molecular weight is 538 g/mol. The van der Waals surface area contributed by atoms with Crippen molar-refractivity contribution in [2.24, 2.45) is 0 Å². The summed E-state index contributed by atoms with van der Waals surface area (Å²) in [6.07, 6.45) is 6.64. The first-order valence-electron chi connectivity index (χ1n) is 13.8. The fourth-order valence-corrected chi connectivity index (χ4v) is 5.47. The van der Waals surface area contributed by atoms with E-state index in [1.165, 1.54) is 6.42 Å².